The number of hydrogen-bond donors (Lipinski definition) is 2. The van der Waals surface area contributed by atoms with Gasteiger partial charge in [0, 0.05) is 11.4 Å². The van der Waals surface area contributed by atoms with E-state index in [0.717, 1.165) is 17.0 Å². The number of carbonyl (C=O) groups is 1. The van der Waals surface area contributed by atoms with Gasteiger partial charge in [0.15, 0.2) is 0 Å². The minimum Gasteiger partial charge on any atom is -0.481 e. The van der Waals surface area contributed by atoms with Gasteiger partial charge in [0.05, 0.1) is 11.8 Å². The zero-order valence-corrected chi connectivity index (χ0v) is 9.54. The third-order valence-corrected chi connectivity index (χ3v) is 3.45. The lowest BCUT2D eigenvalue weighted by Gasteiger charge is -2.06. The van der Waals surface area contributed by atoms with Crippen LogP contribution in [0.2, 0.25) is 0 Å². The fraction of sp³-hybridized carbons (Fsp3) is 0.250. The number of benzene rings is 1. The second-order valence-corrected chi connectivity index (χ2v) is 4.81. The summed E-state index contributed by atoms with van der Waals surface area (Å²) in [6.07, 6.45) is 2.23. The van der Waals surface area contributed by atoms with Gasteiger partial charge < -0.3 is 10.4 Å². The molecule has 1 heterocycles. The van der Waals surface area contributed by atoms with Crippen LogP contribution in [0.3, 0.4) is 0 Å². The Kier molecular flexibility index (Phi) is 3.51. The molecule has 0 spiro atoms. The molecule has 0 radical (unpaired) electrons. The molecule has 1 aliphatic rings. The van der Waals surface area contributed by atoms with E-state index in [4.69, 9.17) is 5.11 Å². The van der Waals surface area contributed by atoms with Gasteiger partial charge in [-0.15, -0.1) is 11.8 Å². The Morgan fingerprint density at radius 2 is 2.25 bits per heavy atom. The van der Waals surface area contributed by atoms with Gasteiger partial charge in [0.25, 0.3) is 0 Å². The van der Waals surface area contributed by atoms with Gasteiger partial charge in [0.2, 0.25) is 0 Å². The summed E-state index contributed by atoms with van der Waals surface area (Å²) >= 11 is 1.64. The zero-order valence-electron chi connectivity index (χ0n) is 8.72. The Labute approximate surface area is 98.6 Å². The molecule has 0 amide bonds. The van der Waals surface area contributed by atoms with Crippen molar-refractivity contribution in [2.75, 3.05) is 5.75 Å². The SMILES string of the molecule is O=C(O)CC1N/C(=C\c2ccccc2)CS1. The van der Waals surface area contributed by atoms with Crippen LogP contribution in [0.4, 0.5) is 0 Å². The highest BCUT2D eigenvalue weighted by Crippen LogP contribution is 2.24. The number of aliphatic carboxylic acids is 1. The van der Waals surface area contributed by atoms with E-state index >= 15 is 0 Å². The molecule has 2 rings (SSSR count). The summed E-state index contributed by atoms with van der Waals surface area (Å²) in [4.78, 5) is 10.5. The molecule has 3 nitrogen and oxygen atoms in total. The van der Waals surface area contributed by atoms with Crippen LogP contribution in [0.5, 0.6) is 0 Å². The second-order valence-electron chi connectivity index (χ2n) is 3.62. The minimum atomic E-state index is -0.758. The summed E-state index contributed by atoms with van der Waals surface area (Å²) < 4.78 is 0. The number of thioether (sulfide) groups is 1. The molecular formula is C12H13NO2S. The lowest BCUT2D eigenvalue weighted by Crippen LogP contribution is -2.21. The van der Waals surface area contributed by atoms with Gasteiger partial charge in [-0.2, -0.15) is 0 Å². The van der Waals surface area contributed by atoms with Crippen LogP contribution in [0.25, 0.3) is 6.08 Å². The Morgan fingerprint density at radius 1 is 1.50 bits per heavy atom. The molecule has 2 N–H and O–H groups in total. The Hall–Kier alpha value is -1.42. The van der Waals surface area contributed by atoms with Gasteiger partial charge in [0.1, 0.15) is 0 Å². The van der Waals surface area contributed by atoms with E-state index in [-0.39, 0.29) is 11.8 Å². The van der Waals surface area contributed by atoms with Gasteiger partial charge in [-0.25, -0.2) is 0 Å². The number of carboxylic acid groups (broad SMARTS) is 1. The molecule has 1 saturated heterocycles. The average molecular weight is 235 g/mol. The molecule has 1 aromatic rings. The van der Waals surface area contributed by atoms with E-state index in [1.165, 1.54) is 0 Å². The van der Waals surface area contributed by atoms with Crippen LogP contribution in [-0.2, 0) is 4.79 Å². The minimum absolute atomic E-state index is 0.00691. The van der Waals surface area contributed by atoms with Crippen LogP contribution >= 0.6 is 11.8 Å². The molecule has 1 atom stereocenters. The molecule has 1 aliphatic heterocycles. The van der Waals surface area contributed by atoms with Crippen molar-refractivity contribution in [3.05, 3.63) is 41.6 Å². The van der Waals surface area contributed by atoms with Crippen molar-refractivity contribution in [1.29, 1.82) is 0 Å². The van der Waals surface area contributed by atoms with Gasteiger partial charge in [-0.1, -0.05) is 30.3 Å². The molecule has 0 bridgehead atoms. The lowest BCUT2D eigenvalue weighted by atomic mass is 10.2. The molecule has 16 heavy (non-hydrogen) atoms. The zero-order chi connectivity index (χ0) is 11.4. The third kappa shape index (κ3) is 3.03. The Morgan fingerprint density at radius 3 is 2.94 bits per heavy atom. The highest BCUT2D eigenvalue weighted by molar-refractivity contribution is 8.00. The molecule has 1 fully saturated rings. The Bertz CT molecular complexity index is 403. The molecule has 4 heteroatoms. The molecule has 0 aromatic heterocycles. The summed E-state index contributed by atoms with van der Waals surface area (Å²) in [6, 6.07) is 10.0. The first-order chi connectivity index (χ1) is 7.74. The molecule has 1 unspecified atom stereocenters. The number of rotatable bonds is 3. The molecule has 0 aliphatic carbocycles. The van der Waals surface area contributed by atoms with E-state index in [0.29, 0.717) is 0 Å². The van der Waals surface area contributed by atoms with Crippen molar-refractivity contribution in [3.8, 4) is 0 Å². The molecule has 1 aromatic carbocycles. The predicted octanol–water partition coefficient (Wildman–Crippen LogP) is 2.16. The largest absolute Gasteiger partial charge is 0.481 e. The van der Waals surface area contributed by atoms with Crippen LogP contribution in [0.15, 0.2) is 36.0 Å². The maximum Gasteiger partial charge on any atom is 0.306 e. The lowest BCUT2D eigenvalue weighted by molar-refractivity contribution is -0.137. The van der Waals surface area contributed by atoms with Crippen molar-refractivity contribution in [2.24, 2.45) is 0 Å². The summed E-state index contributed by atoms with van der Waals surface area (Å²) in [5, 5.41) is 11.9. The van der Waals surface area contributed by atoms with Crippen molar-refractivity contribution in [1.82, 2.24) is 5.32 Å². The van der Waals surface area contributed by atoms with Crippen molar-refractivity contribution < 1.29 is 9.90 Å². The first kappa shape index (κ1) is 11.1. The van der Waals surface area contributed by atoms with E-state index in [1.807, 2.05) is 30.3 Å². The van der Waals surface area contributed by atoms with Crippen molar-refractivity contribution >= 4 is 23.8 Å². The van der Waals surface area contributed by atoms with Crippen LogP contribution < -0.4 is 5.32 Å². The van der Waals surface area contributed by atoms with Gasteiger partial charge >= 0.3 is 5.97 Å². The number of nitrogens with one attached hydrogen (secondary N) is 1. The van der Waals surface area contributed by atoms with Crippen LogP contribution in [-0.4, -0.2) is 22.2 Å². The normalized spacial score (nSPS) is 22.0. The maximum absolute atomic E-state index is 10.5. The fourth-order valence-electron chi connectivity index (χ4n) is 1.58. The predicted molar refractivity (Wildman–Crippen MR) is 66.1 cm³/mol. The summed E-state index contributed by atoms with van der Waals surface area (Å²) in [6.45, 7) is 0. The number of hydrogen-bond acceptors (Lipinski definition) is 3. The number of carboxylic acids is 1. The molecule has 0 saturated carbocycles. The first-order valence-electron chi connectivity index (χ1n) is 5.09. The van der Waals surface area contributed by atoms with E-state index in [1.54, 1.807) is 11.8 Å². The van der Waals surface area contributed by atoms with Gasteiger partial charge in [-0.3, -0.25) is 4.79 Å². The average Bonchev–Trinajstić information content (AvgIpc) is 2.66. The van der Waals surface area contributed by atoms with E-state index in [9.17, 15) is 4.79 Å². The van der Waals surface area contributed by atoms with Crippen molar-refractivity contribution in [2.45, 2.75) is 11.8 Å². The molecular weight excluding hydrogens is 222 g/mol. The highest BCUT2D eigenvalue weighted by atomic mass is 32.2. The quantitative estimate of drug-likeness (QED) is 0.843. The summed E-state index contributed by atoms with van der Waals surface area (Å²) in [5.74, 6) is 0.0956. The third-order valence-electron chi connectivity index (χ3n) is 2.29. The maximum atomic E-state index is 10.5. The van der Waals surface area contributed by atoms with E-state index in [2.05, 4.69) is 11.4 Å². The monoisotopic (exact) mass is 235 g/mol. The first-order valence-corrected chi connectivity index (χ1v) is 6.14. The van der Waals surface area contributed by atoms with E-state index < -0.39 is 5.97 Å². The summed E-state index contributed by atoms with van der Waals surface area (Å²) in [7, 11) is 0. The summed E-state index contributed by atoms with van der Waals surface area (Å²) in [5.41, 5.74) is 2.24. The highest BCUT2D eigenvalue weighted by Gasteiger charge is 2.20. The topological polar surface area (TPSA) is 49.3 Å². The standard InChI is InChI=1S/C12H13NO2S/c14-12(15)7-11-13-10(8-16-11)6-9-4-2-1-3-5-9/h1-6,11,13H,7-8H2,(H,14,15)/b10-6-. The van der Waals surface area contributed by atoms with Crippen molar-refractivity contribution in [3.63, 3.8) is 0 Å². The fourth-order valence-corrected chi connectivity index (χ4v) is 2.63. The second kappa shape index (κ2) is 5.07. The van der Waals surface area contributed by atoms with Crippen LogP contribution in [0, 0.1) is 0 Å². The van der Waals surface area contributed by atoms with Gasteiger partial charge in [-0.05, 0) is 11.6 Å². The molecule has 84 valence electrons. The smallest absolute Gasteiger partial charge is 0.306 e. The Balaban J connectivity index is 1.98. The van der Waals surface area contributed by atoms with Crippen LogP contribution in [0.1, 0.15) is 12.0 Å².